The van der Waals surface area contributed by atoms with Crippen molar-refractivity contribution in [3.8, 4) is 0 Å². The third-order valence-electron chi connectivity index (χ3n) is 3.85. The quantitative estimate of drug-likeness (QED) is 0.827. The van der Waals surface area contributed by atoms with Crippen LogP contribution in [0, 0.1) is 5.92 Å². The van der Waals surface area contributed by atoms with Crippen LogP contribution >= 0.6 is 11.3 Å². The van der Waals surface area contributed by atoms with E-state index in [0.717, 1.165) is 5.56 Å². The third-order valence-corrected chi connectivity index (χ3v) is 4.71. The highest BCUT2D eigenvalue weighted by molar-refractivity contribution is 7.12. The lowest BCUT2D eigenvalue weighted by Crippen LogP contribution is -2.44. The number of likely N-dealkylation sites (tertiary alicyclic amines) is 1. The fourth-order valence-electron chi connectivity index (χ4n) is 2.59. The Morgan fingerprint density at radius 1 is 1.12 bits per heavy atom. The van der Waals surface area contributed by atoms with Gasteiger partial charge in [-0.3, -0.25) is 25.2 Å². The summed E-state index contributed by atoms with van der Waals surface area (Å²) in [5.74, 6) is -1.21. The topological polar surface area (TPSA) is 78.5 Å². The average molecular weight is 343 g/mol. The number of carbonyl (C=O) groups excluding carboxylic acids is 3. The molecule has 6 nitrogen and oxygen atoms in total. The van der Waals surface area contributed by atoms with Crippen molar-refractivity contribution in [1.82, 2.24) is 15.8 Å². The molecule has 0 aliphatic carbocycles. The van der Waals surface area contributed by atoms with Crippen molar-refractivity contribution in [2.45, 2.75) is 13.0 Å². The van der Waals surface area contributed by atoms with E-state index in [9.17, 15) is 14.4 Å². The van der Waals surface area contributed by atoms with E-state index in [1.165, 1.54) is 11.3 Å². The van der Waals surface area contributed by atoms with Crippen molar-refractivity contribution < 1.29 is 14.4 Å². The number of nitrogens with one attached hydrogen (secondary N) is 2. The number of rotatable bonds is 4. The van der Waals surface area contributed by atoms with Crippen LogP contribution in [-0.2, 0) is 16.1 Å². The summed E-state index contributed by atoms with van der Waals surface area (Å²) in [5, 5.41) is 1.79. The van der Waals surface area contributed by atoms with Crippen molar-refractivity contribution in [2.75, 3.05) is 6.54 Å². The molecule has 3 rings (SSSR count). The minimum Gasteiger partial charge on any atom is -0.338 e. The van der Waals surface area contributed by atoms with Gasteiger partial charge in [-0.05, 0) is 17.0 Å². The number of carbonyl (C=O) groups is 3. The first-order valence-corrected chi connectivity index (χ1v) is 8.47. The van der Waals surface area contributed by atoms with Crippen LogP contribution in [0.2, 0.25) is 0 Å². The van der Waals surface area contributed by atoms with E-state index in [1.54, 1.807) is 22.4 Å². The molecule has 3 amide bonds. The molecule has 0 spiro atoms. The first-order valence-electron chi connectivity index (χ1n) is 7.59. The van der Waals surface area contributed by atoms with Crippen LogP contribution in [0.25, 0.3) is 0 Å². The highest BCUT2D eigenvalue weighted by Gasteiger charge is 2.34. The molecule has 7 heteroatoms. The number of nitrogens with zero attached hydrogens (tertiary/aromatic N) is 1. The summed E-state index contributed by atoms with van der Waals surface area (Å²) in [6.45, 7) is 0.847. The fraction of sp³-hybridized carbons (Fsp3) is 0.235. The molecule has 0 bridgehead atoms. The van der Waals surface area contributed by atoms with E-state index >= 15 is 0 Å². The van der Waals surface area contributed by atoms with Gasteiger partial charge in [0.15, 0.2) is 0 Å². The maximum Gasteiger partial charge on any atom is 0.279 e. The maximum absolute atomic E-state index is 12.2. The van der Waals surface area contributed by atoms with Gasteiger partial charge >= 0.3 is 0 Å². The number of amides is 3. The van der Waals surface area contributed by atoms with Gasteiger partial charge in [0.25, 0.3) is 5.91 Å². The smallest absolute Gasteiger partial charge is 0.279 e. The fourth-order valence-corrected chi connectivity index (χ4v) is 3.21. The first-order chi connectivity index (χ1) is 11.6. The lowest BCUT2D eigenvalue weighted by molar-refractivity contribution is -0.129. The molecule has 1 aliphatic heterocycles. The zero-order valence-corrected chi connectivity index (χ0v) is 13.7. The van der Waals surface area contributed by atoms with Crippen molar-refractivity contribution in [3.63, 3.8) is 0 Å². The Morgan fingerprint density at radius 3 is 2.62 bits per heavy atom. The van der Waals surface area contributed by atoms with Crippen LogP contribution in [0.15, 0.2) is 47.8 Å². The van der Waals surface area contributed by atoms with E-state index in [4.69, 9.17) is 0 Å². The predicted octanol–water partition coefficient (Wildman–Crippen LogP) is 1.56. The molecule has 0 saturated carbocycles. The Hall–Kier alpha value is -2.67. The van der Waals surface area contributed by atoms with Gasteiger partial charge in [0.05, 0.1) is 10.8 Å². The average Bonchev–Trinajstić information content (AvgIpc) is 3.24. The van der Waals surface area contributed by atoms with Gasteiger partial charge in [-0.15, -0.1) is 11.3 Å². The molecule has 1 atom stereocenters. The molecule has 2 aromatic rings. The van der Waals surface area contributed by atoms with Crippen molar-refractivity contribution >= 4 is 29.1 Å². The highest BCUT2D eigenvalue weighted by Crippen LogP contribution is 2.20. The standard InChI is InChI=1S/C17H17N3O3S/c21-15-9-13(11-20(15)10-12-5-2-1-3-6-12)16(22)18-19-17(23)14-7-4-8-24-14/h1-8,13H,9-11H2,(H,18,22)(H,19,23)/t13-/m1/s1. The number of benzene rings is 1. The van der Waals surface area contributed by atoms with Crippen LogP contribution in [-0.4, -0.2) is 29.2 Å². The van der Waals surface area contributed by atoms with Crippen molar-refractivity contribution in [1.29, 1.82) is 0 Å². The molecule has 0 unspecified atom stereocenters. The van der Waals surface area contributed by atoms with Gasteiger partial charge in [-0.25, -0.2) is 0 Å². The van der Waals surface area contributed by atoms with Gasteiger partial charge in [0, 0.05) is 19.5 Å². The monoisotopic (exact) mass is 343 g/mol. The van der Waals surface area contributed by atoms with Crippen LogP contribution in [0.5, 0.6) is 0 Å². The van der Waals surface area contributed by atoms with E-state index in [-0.39, 0.29) is 24.1 Å². The Morgan fingerprint density at radius 2 is 1.92 bits per heavy atom. The van der Waals surface area contributed by atoms with E-state index in [0.29, 0.717) is 18.0 Å². The molecular formula is C17H17N3O3S. The second kappa shape index (κ2) is 7.27. The third kappa shape index (κ3) is 3.80. The molecule has 0 radical (unpaired) electrons. The Labute approximate surface area is 143 Å². The van der Waals surface area contributed by atoms with Crippen LogP contribution < -0.4 is 10.9 Å². The van der Waals surface area contributed by atoms with Crippen molar-refractivity contribution in [2.24, 2.45) is 5.92 Å². The summed E-state index contributed by atoms with van der Waals surface area (Å²) >= 11 is 1.29. The largest absolute Gasteiger partial charge is 0.338 e. The molecule has 24 heavy (non-hydrogen) atoms. The number of thiophene rings is 1. The van der Waals surface area contributed by atoms with Gasteiger partial charge in [0.1, 0.15) is 0 Å². The molecule has 1 saturated heterocycles. The normalized spacial score (nSPS) is 16.9. The first kappa shape index (κ1) is 16.2. The number of hydrogen-bond donors (Lipinski definition) is 2. The molecule has 1 aliphatic rings. The molecule has 1 aromatic carbocycles. The Kier molecular flexibility index (Phi) is 4.90. The summed E-state index contributed by atoms with van der Waals surface area (Å²) in [6, 6.07) is 13.1. The summed E-state index contributed by atoms with van der Waals surface area (Å²) < 4.78 is 0. The molecule has 1 fully saturated rings. The summed E-state index contributed by atoms with van der Waals surface area (Å²) in [4.78, 5) is 38.2. The zero-order chi connectivity index (χ0) is 16.9. The second-order valence-electron chi connectivity index (χ2n) is 5.58. The minimum absolute atomic E-state index is 0.0522. The van der Waals surface area contributed by atoms with Crippen LogP contribution in [0.3, 0.4) is 0 Å². The van der Waals surface area contributed by atoms with Crippen LogP contribution in [0.4, 0.5) is 0 Å². The van der Waals surface area contributed by atoms with Gasteiger partial charge < -0.3 is 4.90 Å². The van der Waals surface area contributed by atoms with Gasteiger partial charge in [0.2, 0.25) is 11.8 Å². The molecule has 1 aromatic heterocycles. The lowest BCUT2D eigenvalue weighted by Gasteiger charge is -2.16. The SMILES string of the molecule is O=C(NNC(=O)[C@@H]1CC(=O)N(Cc2ccccc2)C1)c1cccs1. The van der Waals surface area contributed by atoms with E-state index in [1.807, 2.05) is 30.3 Å². The maximum atomic E-state index is 12.2. The molecule has 2 N–H and O–H groups in total. The summed E-state index contributed by atoms with van der Waals surface area (Å²) in [6.07, 6.45) is 0.160. The predicted molar refractivity (Wildman–Crippen MR) is 89.9 cm³/mol. The van der Waals surface area contributed by atoms with Crippen molar-refractivity contribution in [3.05, 3.63) is 58.3 Å². The highest BCUT2D eigenvalue weighted by atomic mass is 32.1. The Bertz CT molecular complexity index is 731. The van der Waals surface area contributed by atoms with E-state index < -0.39 is 5.92 Å². The zero-order valence-electron chi connectivity index (χ0n) is 12.9. The Balaban J connectivity index is 1.51. The molecule has 2 heterocycles. The number of hydrazine groups is 1. The lowest BCUT2D eigenvalue weighted by atomic mass is 10.1. The number of hydrogen-bond acceptors (Lipinski definition) is 4. The molecular weight excluding hydrogens is 326 g/mol. The minimum atomic E-state index is -0.454. The summed E-state index contributed by atoms with van der Waals surface area (Å²) in [7, 11) is 0. The van der Waals surface area contributed by atoms with Crippen LogP contribution in [0.1, 0.15) is 21.7 Å². The molecule has 124 valence electrons. The van der Waals surface area contributed by atoms with Gasteiger partial charge in [-0.2, -0.15) is 0 Å². The van der Waals surface area contributed by atoms with Gasteiger partial charge in [-0.1, -0.05) is 36.4 Å². The second-order valence-corrected chi connectivity index (χ2v) is 6.53. The van der Waals surface area contributed by atoms with E-state index in [2.05, 4.69) is 10.9 Å². The summed E-state index contributed by atoms with van der Waals surface area (Å²) in [5.41, 5.74) is 5.82.